The van der Waals surface area contributed by atoms with Crippen LogP contribution in [-0.2, 0) is 62.2 Å². The molecule has 71 heavy (non-hydrogen) atoms. The summed E-state index contributed by atoms with van der Waals surface area (Å²) in [6.45, 7) is 19.1. The zero-order valence-electron chi connectivity index (χ0n) is 42.2. The minimum Gasteiger partial charge on any atom is -0.438 e. The van der Waals surface area contributed by atoms with E-state index >= 15 is 0 Å². The largest absolute Gasteiger partial charge is 0.438 e. The van der Waals surface area contributed by atoms with Crippen LogP contribution in [0.4, 0.5) is 11.6 Å². The average molecular weight is 1010 g/mol. The molecule has 0 bridgehead atoms. The molecule has 6 heterocycles. The van der Waals surface area contributed by atoms with E-state index in [1.165, 1.54) is 47.5 Å². The van der Waals surface area contributed by atoms with Gasteiger partial charge in [0.1, 0.15) is 41.7 Å². The molecule has 1 aromatic carbocycles. The predicted molar refractivity (Wildman–Crippen MR) is 257 cm³/mol. The van der Waals surface area contributed by atoms with Crippen molar-refractivity contribution in [2.45, 2.75) is 163 Å². The van der Waals surface area contributed by atoms with Crippen LogP contribution in [0.1, 0.15) is 120 Å². The van der Waals surface area contributed by atoms with Crippen molar-refractivity contribution in [3.8, 4) is 0 Å². The molecule has 4 fully saturated rings. The summed E-state index contributed by atoms with van der Waals surface area (Å²) in [6.07, 6.45) is -0.370. The van der Waals surface area contributed by atoms with Crippen LogP contribution in [0.2, 0.25) is 0 Å². The van der Waals surface area contributed by atoms with Crippen molar-refractivity contribution in [1.29, 1.82) is 0 Å². The first kappa shape index (κ1) is 55.3. The Morgan fingerprint density at radius 2 is 1.25 bits per heavy atom. The SMILES string of the molecule is CC[C@H]1O[C@@H](n2ccc(NC(C)=O)nc2=O)C(OCOC(=O)C(C)(C)C)[C@H]1O.CC[C@H]1O[C@@H](n2ccc(NC(C)=O)nc2=O)C(OCOC(=O)C(C)(C)C)[C@H]1O[P@@]1O[C@](C)(c2ccccc2)[C@@H]2CCCN21. The maximum atomic E-state index is 13.1. The quantitative estimate of drug-likeness (QED) is 0.0996. The smallest absolute Gasteiger partial charge is 0.351 e. The second-order valence-electron chi connectivity index (χ2n) is 19.9. The minimum atomic E-state index is -1.51. The lowest BCUT2D eigenvalue weighted by molar-refractivity contribution is -0.179. The van der Waals surface area contributed by atoms with E-state index in [1.807, 2.05) is 32.0 Å². The van der Waals surface area contributed by atoms with E-state index in [0.717, 1.165) is 24.9 Å². The Kier molecular flexibility index (Phi) is 18.1. The van der Waals surface area contributed by atoms with Crippen molar-refractivity contribution in [1.82, 2.24) is 23.8 Å². The number of benzene rings is 1. The third-order valence-electron chi connectivity index (χ3n) is 12.2. The predicted octanol–water partition coefficient (Wildman–Crippen LogP) is 5.27. The molecule has 7 rings (SSSR count). The first-order valence-corrected chi connectivity index (χ1v) is 24.9. The summed E-state index contributed by atoms with van der Waals surface area (Å²) >= 11 is 0. The number of aliphatic hydroxyl groups is 1. The van der Waals surface area contributed by atoms with Crippen LogP contribution in [0.25, 0.3) is 0 Å². The summed E-state index contributed by atoms with van der Waals surface area (Å²) in [6, 6.07) is 13.3. The normalized spacial score (nSPS) is 28.4. The Balaban J connectivity index is 0.000000255. The maximum Gasteiger partial charge on any atom is 0.351 e. The molecule has 22 nitrogen and oxygen atoms in total. The molecule has 0 aliphatic carbocycles. The molecular weight excluding hydrogens is 946 g/mol. The Labute approximate surface area is 413 Å². The molecule has 390 valence electrons. The second kappa shape index (κ2) is 23.2. The highest BCUT2D eigenvalue weighted by molar-refractivity contribution is 7.45. The van der Waals surface area contributed by atoms with E-state index in [-0.39, 0.29) is 43.1 Å². The molecule has 4 aliphatic heterocycles. The summed E-state index contributed by atoms with van der Waals surface area (Å²) in [5.74, 6) is -1.34. The fourth-order valence-corrected chi connectivity index (χ4v) is 10.6. The lowest BCUT2D eigenvalue weighted by Gasteiger charge is -2.30. The molecule has 2 unspecified atom stereocenters. The van der Waals surface area contributed by atoms with Gasteiger partial charge in [0.2, 0.25) is 11.8 Å². The van der Waals surface area contributed by atoms with Crippen LogP contribution in [0.3, 0.4) is 0 Å². The summed E-state index contributed by atoms with van der Waals surface area (Å²) in [7, 11) is -1.51. The number of aromatic nitrogens is 4. The number of ether oxygens (including phenoxy) is 6. The lowest BCUT2D eigenvalue weighted by atomic mass is 9.87. The first-order chi connectivity index (χ1) is 33.5. The number of fused-ring (bicyclic) bond motifs is 1. The van der Waals surface area contributed by atoms with Crippen molar-refractivity contribution < 1.29 is 61.8 Å². The van der Waals surface area contributed by atoms with Gasteiger partial charge < -0.3 is 53.2 Å². The van der Waals surface area contributed by atoms with E-state index < -0.39 is 97.4 Å². The number of nitrogens with zero attached hydrogens (tertiary/aromatic N) is 5. The van der Waals surface area contributed by atoms with Crippen molar-refractivity contribution in [3.63, 3.8) is 0 Å². The van der Waals surface area contributed by atoms with E-state index in [4.69, 9.17) is 37.5 Å². The fraction of sp³-hybridized carbons (Fsp3) is 0.625. The van der Waals surface area contributed by atoms with Gasteiger partial charge in [-0.15, -0.1) is 0 Å². The molecule has 23 heteroatoms. The summed E-state index contributed by atoms with van der Waals surface area (Å²) in [5, 5.41) is 15.4. The number of hydrogen-bond acceptors (Lipinski definition) is 18. The Morgan fingerprint density at radius 3 is 1.73 bits per heavy atom. The van der Waals surface area contributed by atoms with Gasteiger partial charge in [0.15, 0.2) is 26.0 Å². The molecule has 4 saturated heterocycles. The van der Waals surface area contributed by atoms with Gasteiger partial charge in [-0.05, 0) is 91.8 Å². The highest BCUT2D eigenvalue weighted by Crippen LogP contribution is 2.64. The fourth-order valence-electron chi connectivity index (χ4n) is 8.49. The molecular formula is C48H68N7O15P. The Bertz CT molecular complexity index is 2460. The van der Waals surface area contributed by atoms with E-state index in [0.29, 0.717) is 12.8 Å². The third-order valence-corrected chi connectivity index (χ3v) is 14.1. The lowest BCUT2D eigenvalue weighted by Crippen LogP contribution is -2.40. The van der Waals surface area contributed by atoms with Crippen LogP contribution in [0.15, 0.2) is 64.4 Å². The maximum absolute atomic E-state index is 13.1. The van der Waals surface area contributed by atoms with Crippen molar-refractivity contribution in [2.75, 3.05) is 30.8 Å². The number of nitrogens with one attached hydrogen (secondary N) is 2. The van der Waals surface area contributed by atoms with Crippen molar-refractivity contribution in [3.05, 3.63) is 81.4 Å². The zero-order valence-corrected chi connectivity index (χ0v) is 43.1. The minimum absolute atomic E-state index is 0.107. The zero-order chi connectivity index (χ0) is 52.0. The Hall–Kier alpha value is -5.03. The first-order valence-electron chi connectivity index (χ1n) is 23.7. The average Bonchev–Trinajstić information content (AvgIpc) is 4.06. The number of esters is 2. The second-order valence-corrected chi connectivity index (χ2v) is 21.2. The van der Waals surface area contributed by atoms with Gasteiger partial charge in [-0.2, -0.15) is 9.97 Å². The number of rotatable bonds is 15. The van der Waals surface area contributed by atoms with Crippen molar-refractivity contribution in [2.24, 2.45) is 10.8 Å². The number of aliphatic hydroxyl groups excluding tert-OH is 1. The number of hydrogen-bond donors (Lipinski definition) is 3. The van der Waals surface area contributed by atoms with Gasteiger partial charge in [0.25, 0.3) is 8.53 Å². The van der Waals surface area contributed by atoms with Gasteiger partial charge in [-0.25, -0.2) is 14.3 Å². The van der Waals surface area contributed by atoms with Crippen LogP contribution in [-0.4, -0.2) is 115 Å². The standard InChI is InChI=1S/C30H41N4O8P.C18H27N3O7/c1-7-21-24(41-43-34-16-11-14-22(34)30(6,42-43)20-12-9-8-10-13-20)25(38-18-39-27(36)29(3,4)5)26(40-21)33-17-15-23(31-19(2)35)32-28(33)37;1-6-11-13(23)14(26-9-27-16(24)18(3,4)5)15(28-11)21-8-7-12(19-10(2)22)20-17(21)25/h8-10,12-13,15,17,21-22,24-26H,7,11,14,16,18H2,1-6H3,(H,31,32,35,37);7-8,11,13-15,23H,6,9H2,1-5H3,(H,19,20,22,25)/t21-,22+,24+,25?,26-,30-,43+;11-,13+,14?,15-/m11/s1. The molecule has 4 aliphatic rings. The van der Waals surface area contributed by atoms with Crippen LogP contribution in [0.5, 0.6) is 0 Å². The van der Waals surface area contributed by atoms with Gasteiger partial charge >= 0.3 is 23.3 Å². The molecule has 2 aromatic heterocycles. The summed E-state index contributed by atoms with van der Waals surface area (Å²) < 4.78 is 52.7. The molecule has 3 aromatic rings. The van der Waals surface area contributed by atoms with Crippen LogP contribution >= 0.6 is 8.53 Å². The number of carbonyl (C=O) groups is 4. The monoisotopic (exact) mass is 1010 g/mol. The van der Waals surface area contributed by atoms with E-state index in [1.54, 1.807) is 41.5 Å². The molecule has 3 N–H and O–H groups in total. The highest BCUT2D eigenvalue weighted by Gasteiger charge is 2.58. The third kappa shape index (κ3) is 13.1. The van der Waals surface area contributed by atoms with Gasteiger partial charge in [0.05, 0.1) is 29.1 Å². The number of anilines is 2. The molecule has 2 amide bonds. The van der Waals surface area contributed by atoms with Gasteiger partial charge in [0, 0.05) is 32.8 Å². The summed E-state index contributed by atoms with van der Waals surface area (Å²) in [4.78, 5) is 80.2. The van der Waals surface area contributed by atoms with E-state index in [2.05, 4.69) is 44.3 Å². The molecule has 11 atom stereocenters. The molecule has 0 spiro atoms. The van der Waals surface area contributed by atoms with Crippen molar-refractivity contribution >= 4 is 43.9 Å². The summed E-state index contributed by atoms with van der Waals surface area (Å²) in [5.41, 5.74) is -2.19. The van der Waals surface area contributed by atoms with Crippen LogP contribution in [0, 0.1) is 10.8 Å². The van der Waals surface area contributed by atoms with E-state index in [9.17, 15) is 33.9 Å². The molecule has 0 saturated carbocycles. The van der Waals surface area contributed by atoms with Gasteiger partial charge in [-0.1, -0.05) is 44.2 Å². The topological polar surface area (TPSA) is 259 Å². The van der Waals surface area contributed by atoms with Crippen LogP contribution < -0.4 is 22.0 Å². The Morgan fingerprint density at radius 1 is 0.761 bits per heavy atom. The number of amides is 2. The highest BCUT2D eigenvalue weighted by atomic mass is 31.2. The van der Waals surface area contributed by atoms with Gasteiger partial charge in [-0.3, -0.25) is 28.3 Å². The molecule has 0 radical (unpaired) electrons. The number of carbonyl (C=O) groups excluding carboxylic acids is 4.